The van der Waals surface area contributed by atoms with Gasteiger partial charge in [0, 0.05) is 30.2 Å². The highest BCUT2D eigenvalue weighted by Gasteiger charge is 2.08. The minimum absolute atomic E-state index is 0.0120. The Hall–Kier alpha value is -3.61. The van der Waals surface area contributed by atoms with Gasteiger partial charge in [0.2, 0.25) is 0 Å². The Balaban J connectivity index is 1.59. The van der Waals surface area contributed by atoms with Crippen LogP contribution < -0.4 is 10.6 Å². The van der Waals surface area contributed by atoms with Crippen molar-refractivity contribution in [3.05, 3.63) is 78.0 Å². The molecule has 26 heavy (non-hydrogen) atoms. The first-order valence-corrected chi connectivity index (χ1v) is 7.99. The highest BCUT2D eigenvalue weighted by Crippen LogP contribution is 2.15. The van der Waals surface area contributed by atoms with Crippen LogP contribution in [-0.4, -0.2) is 26.6 Å². The van der Waals surface area contributed by atoms with Crippen LogP contribution in [0.2, 0.25) is 0 Å². The summed E-state index contributed by atoms with van der Waals surface area (Å²) in [6.45, 7) is 1.89. The summed E-state index contributed by atoms with van der Waals surface area (Å²) in [4.78, 5) is 35.7. The first-order valence-electron chi connectivity index (χ1n) is 7.99. The van der Waals surface area contributed by atoms with Gasteiger partial charge in [-0.15, -0.1) is 0 Å². The van der Waals surface area contributed by atoms with Gasteiger partial charge in [-0.3, -0.25) is 14.6 Å². The Morgan fingerprint density at radius 1 is 1.00 bits per heavy atom. The molecule has 0 aliphatic heterocycles. The highest BCUT2D eigenvalue weighted by atomic mass is 16.1. The molecular formula is C19H17N5O2. The molecule has 2 aromatic heterocycles. The maximum atomic E-state index is 12.1. The number of nitrogens with zero attached hydrogens (tertiary/aromatic N) is 3. The molecular weight excluding hydrogens is 330 g/mol. The molecule has 0 fully saturated rings. The van der Waals surface area contributed by atoms with Crippen LogP contribution in [0.5, 0.6) is 0 Å². The van der Waals surface area contributed by atoms with Gasteiger partial charge in [0.15, 0.2) is 5.78 Å². The summed E-state index contributed by atoms with van der Waals surface area (Å²) in [5.74, 6) is 0.209. The maximum absolute atomic E-state index is 12.1. The van der Waals surface area contributed by atoms with E-state index in [4.69, 9.17) is 0 Å². The molecule has 3 rings (SSSR count). The zero-order valence-electron chi connectivity index (χ0n) is 14.1. The summed E-state index contributed by atoms with van der Waals surface area (Å²) in [5, 5.41) is 5.84. The third-order valence-corrected chi connectivity index (χ3v) is 3.62. The Kier molecular flexibility index (Phi) is 5.28. The molecule has 0 radical (unpaired) electrons. The van der Waals surface area contributed by atoms with Crippen molar-refractivity contribution in [3.8, 4) is 0 Å². The molecule has 7 nitrogen and oxygen atoms in total. The third-order valence-electron chi connectivity index (χ3n) is 3.62. The van der Waals surface area contributed by atoms with Crippen LogP contribution in [0.1, 0.15) is 33.3 Å². The minimum atomic E-state index is -0.307. The topological polar surface area (TPSA) is 96.9 Å². The number of carbonyl (C=O) groups is 2. The lowest BCUT2D eigenvalue weighted by atomic mass is 10.1. The van der Waals surface area contributed by atoms with Crippen molar-refractivity contribution >= 4 is 23.2 Å². The van der Waals surface area contributed by atoms with Crippen LogP contribution >= 0.6 is 0 Å². The second-order valence-corrected chi connectivity index (χ2v) is 5.59. The van der Waals surface area contributed by atoms with E-state index in [-0.39, 0.29) is 17.4 Å². The molecule has 2 N–H and O–H groups in total. The Morgan fingerprint density at radius 3 is 2.42 bits per heavy atom. The fourth-order valence-corrected chi connectivity index (χ4v) is 2.22. The lowest BCUT2D eigenvalue weighted by Crippen LogP contribution is -2.24. The standard InChI is InChI=1S/C19H17N5O2/c1-13(25)15-4-6-16(7-5-15)24-18-12-21-17(11-22-18)19(26)23-10-14-3-2-8-20-9-14/h2-9,11-12H,10H2,1H3,(H,22,24)(H,23,26). The molecule has 0 aliphatic carbocycles. The van der Waals surface area contributed by atoms with E-state index in [1.54, 1.807) is 36.7 Å². The molecule has 0 bridgehead atoms. The van der Waals surface area contributed by atoms with Crippen molar-refractivity contribution in [2.75, 3.05) is 5.32 Å². The molecule has 0 spiro atoms. The van der Waals surface area contributed by atoms with E-state index in [1.807, 2.05) is 12.1 Å². The molecule has 0 saturated heterocycles. The van der Waals surface area contributed by atoms with Gasteiger partial charge < -0.3 is 10.6 Å². The van der Waals surface area contributed by atoms with Crippen molar-refractivity contribution in [2.45, 2.75) is 13.5 Å². The summed E-state index contributed by atoms with van der Waals surface area (Å²) < 4.78 is 0. The molecule has 1 aromatic carbocycles. The molecule has 0 saturated carbocycles. The summed E-state index contributed by atoms with van der Waals surface area (Å²) in [7, 11) is 0. The van der Waals surface area contributed by atoms with Crippen LogP contribution in [0.4, 0.5) is 11.5 Å². The van der Waals surface area contributed by atoms with Crippen LogP contribution in [0.3, 0.4) is 0 Å². The second-order valence-electron chi connectivity index (χ2n) is 5.59. The maximum Gasteiger partial charge on any atom is 0.271 e. The number of anilines is 2. The molecule has 0 atom stereocenters. The van der Waals surface area contributed by atoms with Crippen LogP contribution in [0.25, 0.3) is 0 Å². The third kappa shape index (κ3) is 4.47. The number of pyridine rings is 1. The number of amides is 1. The normalized spacial score (nSPS) is 10.2. The predicted molar refractivity (Wildman–Crippen MR) is 97.2 cm³/mol. The van der Waals surface area contributed by atoms with Gasteiger partial charge in [-0.25, -0.2) is 9.97 Å². The van der Waals surface area contributed by atoms with Crippen molar-refractivity contribution in [3.63, 3.8) is 0 Å². The Bertz CT molecular complexity index is 893. The lowest BCUT2D eigenvalue weighted by Gasteiger charge is -2.07. The van der Waals surface area contributed by atoms with Crippen molar-refractivity contribution < 1.29 is 9.59 Å². The molecule has 2 heterocycles. The Morgan fingerprint density at radius 2 is 1.81 bits per heavy atom. The smallest absolute Gasteiger partial charge is 0.271 e. The van der Waals surface area contributed by atoms with Crippen LogP contribution in [-0.2, 0) is 6.54 Å². The minimum Gasteiger partial charge on any atom is -0.347 e. The molecule has 130 valence electrons. The summed E-state index contributed by atoms with van der Waals surface area (Å²) in [6, 6.07) is 10.7. The fraction of sp³-hybridized carbons (Fsp3) is 0.105. The van der Waals surface area contributed by atoms with Crippen molar-refractivity contribution in [1.82, 2.24) is 20.3 Å². The predicted octanol–water partition coefficient (Wildman–Crippen LogP) is 2.75. The number of carbonyl (C=O) groups excluding carboxylic acids is 2. The monoisotopic (exact) mass is 347 g/mol. The number of nitrogens with one attached hydrogen (secondary N) is 2. The van der Waals surface area contributed by atoms with E-state index in [1.165, 1.54) is 19.3 Å². The van der Waals surface area contributed by atoms with Gasteiger partial charge in [0.05, 0.1) is 12.4 Å². The SMILES string of the molecule is CC(=O)c1ccc(Nc2cnc(C(=O)NCc3cccnc3)cn2)cc1. The molecule has 0 aliphatic rings. The number of ketones is 1. The van der Waals surface area contributed by atoms with E-state index in [2.05, 4.69) is 25.6 Å². The van der Waals surface area contributed by atoms with E-state index < -0.39 is 0 Å². The Labute approximate surface area is 150 Å². The number of benzene rings is 1. The second kappa shape index (κ2) is 7.98. The molecule has 0 unspecified atom stereocenters. The fourth-order valence-electron chi connectivity index (χ4n) is 2.22. The van der Waals surface area contributed by atoms with Gasteiger partial charge in [-0.1, -0.05) is 6.07 Å². The van der Waals surface area contributed by atoms with E-state index in [0.717, 1.165) is 11.3 Å². The van der Waals surface area contributed by atoms with Crippen molar-refractivity contribution in [1.29, 1.82) is 0 Å². The number of hydrogen-bond donors (Lipinski definition) is 2. The van der Waals surface area contributed by atoms with Gasteiger partial charge in [-0.2, -0.15) is 0 Å². The average molecular weight is 347 g/mol. The molecule has 7 heteroatoms. The summed E-state index contributed by atoms with van der Waals surface area (Å²) >= 11 is 0. The number of Topliss-reactive ketones (excluding diaryl/α,β-unsaturated/α-hetero) is 1. The van der Waals surface area contributed by atoms with Gasteiger partial charge >= 0.3 is 0 Å². The summed E-state index contributed by atoms with van der Waals surface area (Å²) in [5.41, 5.74) is 2.55. The molecule has 3 aromatic rings. The number of rotatable bonds is 6. The van der Waals surface area contributed by atoms with E-state index >= 15 is 0 Å². The average Bonchev–Trinajstić information content (AvgIpc) is 2.68. The van der Waals surface area contributed by atoms with Gasteiger partial charge in [0.25, 0.3) is 5.91 Å². The zero-order chi connectivity index (χ0) is 18.4. The van der Waals surface area contributed by atoms with Gasteiger partial charge in [-0.05, 0) is 42.8 Å². The summed E-state index contributed by atoms with van der Waals surface area (Å²) in [6.07, 6.45) is 6.26. The highest BCUT2D eigenvalue weighted by molar-refractivity contribution is 5.94. The zero-order valence-corrected chi connectivity index (χ0v) is 14.1. The van der Waals surface area contributed by atoms with Crippen LogP contribution in [0, 0.1) is 0 Å². The molecule has 1 amide bonds. The number of aromatic nitrogens is 3. The first-order chi connectivity index (χ1) is 12.6. The largest absolute Gasteiger partial charge is 0.347 e. The number of hydrogen-bond acceptors (Lipinski definition) is 6. The van der Waals surface area contributed by atoms with E-state index in [9.17, 15) is 9.59 Å². The van der Waals surface area contributed by atoms with Crippen molar-refractivity contribution in [2.24, 2.45) is 0 Å². The van der Waals surface area contributed by atoms with Gasteiger partial charge in [0.1, 0.15) is 11.5 Å². The van der Waals surface area contributed by atoms with E-state index in [0.29, 0.717) is 17.9 Å². The first kappa shape index (κ1) is 17.2. The lowest BCUT2D eigenvalue weighted by molar-refractivity contribution is 0.0944. The van der Waals surface area contributed by atoms with Crippen LogP contribution in [0.15, 0.2) is 61.2 Å². The quantitative estimate of drug-likeness (QED) is 0.666.